The molecule has 8 heteroatoms. The molecule has 120 valence electrons. The molecule has 21 heavy (non-hydrogen) atoms. The molecule has 1 heterocycles. The molecule has 3 unspecified atom stereocenters. The van der Waals surface area contributed by atoms with Crippen molar-refractivity contribution >= 4 is 11.7 Å². The largest absolute Gasteiger partial charge is 0.409 e. The number of hydrogen-bond acceptors (Lipinski definition) is 3. The standard InChI is InChI=1S/C13H20F3N3O2/c14-13(15,16)9-5-2-1-4-8(9)12(20)19-7-3-6-10(19)11(17)18-21/h8-10,21H,1-7H2,(H2,17,18). The van der Waals surface area contributed by atoms with Crippen LogP contribution < -0.4 is 5.73 Å². The number of alkyl halides is 3. The van der Waals surface area contributed by atoms with E-state index in [1.165, 1.54) is 4.90 Å². The van der Waals surface area contributed by atoms with Gasteiger partial charge in [0.2, 0.25) is 5.91 Å². The Morgan fingerprint density at radius 3 is 2.48 bits per heavy atom. The van der Waals surface area contributed by atoms with Gasteiger partial charge >= 0.3 is 6.18 Å². The van der Waals surface area contributed by atoms with Gasteiger partial charge in [0.25, 0.3) is 0 Å². The molecule has 0 bridgehead atoms. The van der Waals surface area contributed by atoms with E-state index in [0.29, 0.717) is 32.2 Å². The lowest BCUT2D eigenvalue weighted by atomic mass is 9.78. The fraction of sp³-hybridized carbons (Fsp3) is 0.846. The fourth-order valence-electron chi connectivity index (χ4n) is 3.44. The zero-order chi connectivity index (χ0) is 15.6. The number of rotatable bonds is 2. The molecule has 3 atom stereocenters. The van der Waals surface area contributed by atoms with Gasteiger partial charge in [0.05, 0.1) is 12.0 Å². The van der Waals surface area contributed by atoms with Crippen LogP contribution in [0.25, 0.3) is 0 Å². The van der Waals surface area contributed by atoms with Gasteiger partial charge in [-0.2, -0.15) is 13.2 Å². The van der Waals surface area contributed by atoms with Crippen molar-refractivity contribution in [1.82, 2.24) is 4.90 Å². The van der Waals surface area contributed by atoms with Gasteiger partial charge in [-0.25, -0.2) is 0 Å². The first-order valence-electron chi connectivity index (χ1n) is 7.21. The summed E-state index contributed by atoms with van der Waals surface area (Å²) in [6.45, 7) is 0.362. The lowest BCUT2D eigenvalue weighted by Gasteiger charge is -2.36. The van der Waals surface area contributed by atoms with Crippen molar-refractivity contribution in [3.63, 3.8) is 0 Å². The predicted molar refractivity (Wildman–Crippen MR) is 69.6 cm³/mol. The van der Waals surface area contributed by atoms with E-state index in [9.17, 15) is 18.0 Å². The van der Waals surface area contributed by atoms with Crippen LogP contribution in [0.15, 0.2) is 5.16 Å². The zero-order valence-corrected chi connectivity index (χ0v) is 11.6. The monoisotopic (exact) mass is 307 g/mol. The number of carbonyl (C=O) groups excluding carboxylic acids is 1. The van der Waals surface area contributed by atoms with Crippen LogP contribution in [-0.2, 0) is 4.79 Å². The van der Waals surface area contributed by atoms with Gasteiger partial charge in [-0.05, 0) is 25.7 Å². The molecule has 0 aromatic rings. The van der Waals surface area contributed by atoms with Crippen molar-refractivity contribution in [3.8, 4) is 0 Å². The first-order chi connectivity index (χ1) is 9.86. The quantitative estimate of drug-likeness (QED) is 0.355. The van der Waals surface area contributed by atoms with E-state index in [-0.39, 0.29) is 18.7 Å². The third-order valence-electron chi connectivity index (χ3n) is 4.50. The maximum Gasteiger partial charge on any atom is 0.392 e. The van der Waals surface area contributed by atoms with Crippen LogP contribution in [0.4, 0.5) is 13.2 Å². The minimum Gasteiger partial charge on any atom is -0.409 e. The van der Waals surface area contributed by atoms with Crippen molar-refractivity contribution in [1.29, 1.82) is 0 Å². The number of likely N-dealkylation sites (tertiary alicyclic amines) is 1. The Labute approximate surface area is 121 Å². The van der Waals surface area contributed by atoms with Gasteiger partial charge in [0, 0.05) is 12.5 Å². The number of nitrogens with two attached hydrogens (primary N) is 1. The second-order valence-corrected chi connectivity index (χ2v) is 5.75. The fourth-order valence-corrected chi connectivity index (χ4v) is 3.44. The van der Waals surface area contributed by atoms with Gasteiger partial charge in [-0.15, -0.1) is 0 Å². The Hall–Kier alpha value is -1.47. The van der Waals surface area contributed by atoms with Crippen LogP contribution in [0.3, 0.4) is 0 Å². The van der Waals surface area contributed by atoms with Crippen molar-refractivity contribution in [2.45, 2.75) is 50.7 Å². The summed E-state index contributed by atoms with van der Waals surface area (Å²) in [6, 6.07) is -0.585. The summed E-state index contributed by atoms with van der Waals surface area (Å²) in [6.07, 6.45) is -1.80. The lowest BCUT2D eigenvalue weighted by molar-refractivity contribution is -0.200. The molecule has 2 fully saturated rings. The lowest BCUT2D eigenvalue weighted by Crippen LogP contribution is -2.49. The molecule has 1 saturated heterocycles. The van der Waals surface area contributed by atoms with Crippen molar-refractivity contribution in [2.75, 3.05) is 6.54 Å². The summed E-state index contributed by atoms with van der Waals surface area (Å²) in [5.74, 6) is -3.23. The first kappa shape index (κ1) is 15.9. The highest BCUT2D eigenvalue weighted by Crippen LogP contribution is 2.42. The van der Waals surface area contributed by atoms with Crippen LogP contribution in [0, 0.1) is 11.8 Å². The first-order valence-corrected chi connectivity index (χ1v) is 7.21. The third-order valence-corrected chi connectivity index (χ3v) is 4.50. The smallest absolute Gasteiger partial charge is 0.392 e. The summed E-state index contributed by atoms with van der Waals surface area (Å²) in [5, 5.41) is 11.6. The predicted octanol–water partition coefficient (Wildman–Crippen LogP) is 2.09. The minimum atomic E-state index is -4.35. The Morgan fingerprint density at radius 1 is 1.19 bits per heavy atom. The maximum absolute atomic E-state index is 13.1. The molecule has 0 radical (unpaired) electrons. The van der Waals surface area contributed by atoms with Crippen LogP contribution in [0.5, 0.6) is 0 Å². The molecule has 3 N–H and O–H groups in total. The van der Waals surface area contributed by atoms with Crippen molar-refractivity contribution in [2.24, 2.45) is 22.7 Å². The summed E-state index contributed by atoms with van der Waals surface area (Å²) >= 11 is 0. The Morgan fingerprint density at radius 2 is 1.86 bits per heavy atom. The van der Waals surface area contributed by atoms with Crippen LogP contribution >= 0.6 is 0 Å². The highest BCUT2D eigenvalue weighted by Gasteiger charge is 2.50. The van der Waals surface area contributed by atoms with Crippen LogP contribution in [0.2, 0.25) is 0 Å². The number of amides is 1. The van der Waals surface area contributed by atoms with Crippen molar-refractivity contribution in [3.05, 3.63) is 0 Å². The zero-order valence-electron chi connectivity index (χ0n) is 11.6. The van der Waals surface area contributed by atoms with E-state index in [4.69, 9.17) is 10.9 Å². The summed E-state index contributed by atoms with van der Waals surface area (Å²) in [4.78, 5) is 13.9. The number of nitrogens with zero attached hydrogens (tertiary/aromatic N) is 2. The second-order valence-electron chi connectivity index (χ2n) is 5.75. The Bertz CT molecular complexity index is 425. The Balaban J connectivity index is 2.17. The van der Waals surface area contributed by atoms with E-state index >= 15 is 0 Å². The normalized spacial score (nSPS) is 31.5. The number of amidine groups is 1. The highest BCUT2D eigenvalue weighted by molar-refractivity contribution is 5.91. The Kier molecular flexibility index (Phi) is 4.63. The summed E-state index contributed by atoms with van der Waals surface area (Å²) in [7, 11) is 0. The SMILES string of the molecule is NC(=NO)C1CCCN1C(=O)C1CCCCC1C(F)(F)F. The van der Waals surface area contributed by atoms with Gasteiger partial charge < -0.3 is 15.8 Å². The summed E-state index contributed by atoms with van der Waals surface area (Å²) < 4.78 is 39.3. The third kappa shape index (κ3) is 3.24. The average molecular weight is 307 g/mol. The molecule has 0 aromatic heterocycles. The molecule has 1 aliphatic carbocycles. The molecule has 2 aliphatic rings. The van der Waals surface area contributed by atoms with Gasteiger partial charge in [0.15, 0.2) is 5.84 Å². The topological polar surface area (TPSA) is 78.9 Å². The van der Waals surface area contributed by atoms with E-state index in [1.807, 2.05) is 0 Å². The molecule has 2 rings (SSSR count). The molecule has 1 aliphatic heterocycles. The number of hydrogen-bond donors (Lipinski definition) is 2. The maximum atomic E-state index is 13.1. The van der Waals surface area contributed by atoms with Gasteiger partial charge in [-0.1, -0.05) is 18.0 Å². The molecule has 1 saturated carbocycles. The molecular formula is C13H20F3N3O2. The number of halogens is 3. The average Bonchev–Trinajstić information content (AvgIpc) is 2.94. The van der Waals surface area contributed by atoms with E-state index < -0.39 is 30.0 Å². The van der Waals surface area contributed by atoms with Crippen LogP contribution in [-0.4, -0.2) is 40.6 Å². The van der Waals surface area contributed by atoms with E-state index in [1.54, 1.807) is 0 Å². The molecule has 0 spiro atoms. The van der Waals surface area contributed by atoms with Crippen molar-refractivity contribution < 1.29 is 23.2 Å². The molecule has 0 aromatic carbocycles. The second kappa shape index (κ2) is 6.11. The van der Waals surface area contributed by atoms with Gasteiger partial charge in [0.1, 0.15) is 0 Å². The number of carbonyl (C=O) groups is 1. The van der Waals surface area contributed by atoms with Crippen LogP contribution in [0.1, 0.15) is 38.5 Å². The minimum absolute atomic E-state index is 0.00197. The molecule has 5 nitrogen and oxygen atoms in total. The van der Waals surface area contributed by atoms with E-state index in [0.717, 1.165) is 0 Å². The number of oxime groups is 1. The highest BCUT2D eigenvalue weighted by atomic mass is 19.4. The molecular weight excluding hydrogens is 287 g/mol. The summed E-state index contributed by atoms with van der Waals surface area (Å²) in [5.41, 5.74) is 5.54. The van der Waals surface area contributed by atoms with E-state index in [2.05, 4.69) is 5.16 Å². The van der Waals surface area contributed by atoms with Gasteiger partial charge in [-0.3, -0.25) is 4.79 Å². The molecule has 1 amide bonds.